The van der Waals surface area contributed by atoms with Crippen LogP contribution in [0.3, 0.4) is 0 Å². The first-order valence-electron chi connectivity index (χ1n) is 6.81. The van der Waals surface area contributed by atoms with E-state index in [1.807, 2.05) is 0 Å². The number of esters is 1. The van der Waals surface area contributed by atoms with Crippen LogP contribution in [0.25, 0.3) is 11.0 Å². The van der Waals surface area contributed by atoms with E-state index in [4.69, 9.17) is 0 Å². The number of rotatable bonds is 4. The molecule has 0 spiro atoms. The lowest BCUT2D eigenvalue weighted by atomic mass is 10.0. The summed E-state index contributed by atoms with van der Waals surface area (Å²) in [7, 11) is 1.25. The van der Waals surface area contributed by atoms with E-state index in [2.05, 4.69) is 15.0 Å². The van der Waals surface area contributed by atoms with E-state index in [9.17, 15) is 14.8 Å². The molecule has 0 radical (unpaired) electrons. The number of carbonyl (C=O) groups is 2. The number of carbonyl (C=O) groups excluding carboxylic acids is 2. The maximum absolute atomic E-state index is 12.2. The van der Waals surface area contributed by atoms with Gasteiger partial charge in [0.2, 0.25) is 11.7 Å². The smallest absolute Gasteiger partial charge is 0.328 e. The van der Waals surface area contributed by atoms with E-state index >= 15 is 0 Å². The number of nitrogens with one attached hydrogen (secondary N) is 1. The van der Waals surface area contributed by atoms with E-state index in [-0.39, 0.29) is 11.6 Å². The molecule has 116 valence electrons. The van der Waals surface area contributed by atoms with Gasteiger partial charge in [-0.15, -0.1) is 0 Å². The normalized spacial score (nSPS) is 12.2. The van der Waals surface area contributed by atoms with Gasteiger partial charge in [-0.05, 0) is 12.0 Å². The Labute approximate surface area is 127 Å². The van der Waals surface area contributed by atoms with Gasteiger partial charge < -0.3 is 15.3 Å². The summed E-state index contributed by atoms with van der Waals surface area (Å²) in [5, 5.41) is 14.5. The van der Waals surface area contributed by atoms with Gasteiger partial charge in [0, 0.05) is 6.07 Å². The Morgan fingerprint density at radius 2 is 2.00 bits per heavy atom. The molecule has 0 bridgehead atoms. The van der Waals surface area contributed by atoms with Crippen molar-refractivity contribution in [2.24, 2.45) is 5.92 Å². The highest BCUT2D eigenvalue weighted by molar-refractivity contribution is 5.95. The van der Waals surface area contributed by atoms with Crippen molar-refractivity contribution in [2.45, 2.75) is 19.9 Å². The summed E-state index contributed by atoms with van der Waals surface area (Å²) in [6.07, 6.45) is 1.09. The Bertz CT molecular complexity index is 715. The van der Waals surface area contributed by atoms with Crippen LogP contribution in [0, 0.1) is 11.1 Å². The first-order chi connectivity index (χ1) is 10.4. The summed E-state index contributed by atoms with van der Waals surface area (Å²) in [5.41, 5.74) is 0.722. The zero-order chi connectivity index (χ0) is 16.3. The molecule has 0 saturated heterocycles. The van der Waals surface area contributed by atoms with Crippen LogP contribution in [0.5, 0.6) is 0 Å². The van der Waals surface area contributed by atoms with Crippen LogP contribution in [0.2, 0.25) is 0 Å². The van der Waals surface area contributed by atoms with Gasteiger partial charge in [0.25, 0.3) is 5.91 Å². The monoisotopic (exact) mass is 303 g/mol. The lowest BCUT2D eigenvalue weighted by molar-refractivity contribution is -0.577. The van der Waals surface area contributed by atoms with Crippen LogP contribution in [0.15, 0.2) is 30.5 Å². The number of aromatic nitrogens is 2. The predicted octanol–water partition coefficient (Wildman–Crippen LogP) is 0.796. The van der Waals surface area contributed by atoms with Gasteiger partial charge in [0.1, 0.15) is 11.6 Å². The third-order valence-electron chi connectivity index (χ3n) is 3.24. The highest BCUT2D eigenvalue weighted by atomic mass is 16.5. The number of ether oxygens (including phenoxy) is 1. The van der Waals surface area contributed by atoms with Crippen molar-refractivity contribution in [3.8, 4) is 0 Å². The Morgan fingerprint density at radius 1 is 1.32 bits per heavy atom. The molecule has 0 fully saturated rings. The molecule has 1 unspecified atom stereocenters. The van der Waals surface area contributed by atoms with Crippen molar-refractivity contribution >= 4 is 22.9 Å². The van der Waals surface area contributed by atoms with Crippen molar-refractivity contribution in [2.75, 3.05) is 7.11 Å². The molecule has 1 amide bonds. The molecule has 0 saturated carbocycles. The molecule has 2 aromatic rings. The van der Waals surface area contributed by atoms with Crippen molar-refractivity contribution in [1.29, 1.82) is 0 Å². The highest BCUT2D eigenvalue weighted by Crippen LogP contribution is 2.09. The average Bonchev–Trinajstić information content (AvgIpc) is 2.51. The van der Waals surface area contributed by atoms with Gasteiger partial charge in [0.05, 0.1) is 7.11 Å². The molecule has 7 heteroatoms. The van der Waals surface area contributed by atoms with Gasteiger partial charge in [-0.2, -0.15) is 4.73 Å². The van der Waals surface area contributed by atoms with Crippen molar-refractivity contribution in [3.05, 3.63) is 41.4 Å². The lowest BCUT2D eigenvalue weighted by Gasteiger charge is -2.19. The van der Waals surface area contributed by atoms with Gasteiger partial charge in [-0.25, -0.2) is 9.78 Å². The average molecular weight is 303 g/mol. The number of amides is 1. The molecule has 0 aliphatic carbocycles. The number of hydrogen-bond acceptors (Lipinski definition) is 5. The standard InChI is InChI=1S/C15H17N3O4/c1-9(2)13(15(20)22-3)17-14(19)11-8-18(21)12-7-5-4-6-10(12)16-11/h4-9,13H,1-3H3,(H,17,19). The minimum absolute atomic E-state index is 0.0525. The summed E-state index contributed by atoms with van der Waals surface area (Å²) >= 11 is 0. The van der Waals surface area contributed by atoms with E-state index < -0.39 is 17.9 Å². The third-order valence-corrected chi connectivity index (χ3v) is 3.24. The van der Waals surface area contributed by atoms with E-state index in [0.717, 1.165) is 6.20 Å². The highest BCUT2D eigenvalue weighted by Gasteiger charge is 2.27. The molecule has 22 heavy (non-hydrogen) atoms. The molecule has 1 aromatic heterocycles. The van der Waals surface area contributed by atoms with Crippen LogP contribution in [-0.2, 0) is 9.53 Å². The van der Waals surface area contributed by atoms with Gasteiger partial charge in [0.15, 0.2) is 5.69 Å². The zero-order valence-corrected chi connectivity index (χ0v) is 12.6. The second kappa shape index (κ2) is 6.38. The lowest BCUT2D eigenvalue weighted by Crippen LogP contribution is -2.45. The second-order valence-corrected chi connectivity index (χ2v) is 5.16. The second-order valence-electron chi connectivity index (χ2n) is 5.16. The van der Waals surface area contributed by atoms with Crippen LogP contribution in [0.4, 0.5) is 0 Å². The Hall–Kier alpha value is -2.70. The maximum atomic E-state index is 12.2. The molecule has 1 atom stereocenters. The summed E-state index contributed by atoms with van der Waals surface area (Å²) in [6, 6.07) is 5.89. The minimum atomic E-state index is -0.800. The van der Waals surface area contributed by atoms with Gasteiger partial charge in [-0.3, -0.25) is 4.79 Å². The molecule has 1 aromatic carbocycles. The predicted molar refractivity (Wildman–Crippen MR) is 78.8 cm³/mol. The van der Waals surface area contributed by atoms with Crippen molar-refractivity contribution < 1.29 is 19.1 Å². The molecule has 1 N–H and O–H groups in total. The fourth-order valence-corrected chi connectivity index (χ4v) is 2.03. The number of methoxy groups -OCH3 is 1. The fraction of sp³-hybridized carbons (Fsp3) is 0.333. The van der Waals surface area contributed by atoms with Crippen LogP contribution < -0.4 is 10.0 Å². The first kappa shape index (κ1) is 15.7. The first-order valence-corrected chi connectivity index (χ1v) is 6.81. The number of para-hydroxylation sites is 2. The van der Waals surface area contributed by atoms with Gasteiger partial charge in [-0.1, -0.05) is 26.0 Å². The van der Waals surface area contributed by atoms with Gasteiger partial charge >= 0.3 is 5.97 Å². The Morgan fingerprint density at radius 3 is 2.64 bits per heavy atom. The molecular formula is C15H17N3O4. The Kier molecular flexibility index (Phi) is 4.55. The topological polar surface area (TPSA) is 95.2 Å². The van der Waals surface area contributed by atoms with Crippen molar-refractivity contribution in [3.63, 3.8) is 0 Å². The quantitative estimate of drug-likeness (QED) is 0.512. The largest absolute Gasteiger partial charge is 0.618 e. The summed E-state index contributed by atoms with van der Waals surface area (Å²) in [6.45, 7) is 3.56. The van der Waals surface area contributed by atoms with Crippen LogP contribution in [0.1, 0.15) is 24.3 Å². The van der Waals surface area contributed by atoms with E-state index in [1.165, 1.54) is 7.11 Å². The number of nitrogens with zero attached hydrogens (tertiary/aromatic N) is 2. The minimum Gasteiger partial charge on any atom is -0.618 e. The fourth-order valence-electron chi connectivity index (χ4n) is 2.03. The van der Waals surface area contributed by atoms with E-state index in [1.54, 1.807) is 38.1 Å². The van der Waals surface area contributed by atoms with Crippen LogP contribution in [-0.4, -0.2) is 30.0 Å². The summed E-state index contributed by atoms with van der Waals surface area (Å²) < 4.78 is 5.25. The molecule has 7 nitrogen and oxygen atoms in total. The molecule has 2 rings (SSSR count). The third kappa shape index (κ3) is 3.13. The number of hydrogen-bond donors (Lipinski definition) is 1. The van der Waals surface area contributed by atoms with Crippen molar-refractivity contribution in [1.82, 2.24) is 10.3 Å². The molecule has 0 aliphatic heterocycles. The molecular weight excluding hydrogens is 286 g/mol. The summed E-state index contributed by atoms with van der Waals surface area (Å²) in [4.78, 5) is 28.1. The summed E-state index contributed by atoms with van der Waals surface area (Å²) in [5.74, 6) is -1.30. The SMILES string of the molecule is COC(=O)C(NC(=O)c1c[n+]([O-])c2ccccc2n1)C(C)C. The number of fused-ring (bicyclic) bond motifs is 1. The Balaban J connectivity index is 2.31. The zero-order valence-electron chi connectivity index (χ0n) is 12.6. The molecule has 1 heterocycles. The number of benzene rings is 1. The van der Waals surface area contributed by atoms with E-state index in [0.29, 0.717) is 15.8 Å². The molecule has 0 aliphatic rings. The maximum Gasteiger partial charge on any atom is 0.328 e. The van der Waals surface area contributed by atoms with Crippen LogP contribution >= 0.6 is 0 Å².